The summed E-state index contributed by atoms with van der Waals surface area (Å²) in [6.07, 6.45) is 2.57. The number of ether oxygens (including phenoxy) is 1. The Labute approximate surface area is 121 Å². The number of hydrogen-bond acceptors (Lipinski definition) is 5. The number of tetrazole rings is 1. The minimum atomic E-state index is 0.592. The number of hydrogen-bond donors (Lipinski definition) is 1. The average molecular weight is 294 g/mol. The molecular formula is C13H16ClN5O. The van der Waals surface area contributed by atoms with Crippen molar-refractivity contribution < 1.29 is 4.74 Å². The maximum absolute atomic E-state index is 6.00. The molecule has 106 valence electrons. The number of nitrogens with zero attached hydrogens (tertiary/aromatic N) is 4. The van der Waals surface area contributed by atoms with Crippen molar-refractivity contribution in [1.29, 1.82) is 0 Å². The van der Waals surface area contributed by atoms with E-state index in [1.54, 1.807) is 22.9 Å². The van der Waals surface area contributed by atoms with Gasteiger partial charge in [0, 0.05) is 22.9 Å². The van der Waals surface area contributed by atoms with Crippen molar-refractivity contribution in [3.05, 3.63) is 23.2 Å². The SMILES string of the molecule is Nc1ccc(Cl)cc1-c1nnnn1CCOCC1CC1. The lowest BCUT2D eigenvalue weighted by Crippen LogP contribution is -2.10. The van der Waals surface area contributed by atoms with Crippen LogP contribution in [-0.2, 0) is 11.3 Å². The van der Waals surface area contributed by atoms with Crippen molar-refractivity contribution in [2.45, 2.75) is 19.4 Å². The zero-order valence-electron chi connectivity index (χ0n) is 11.0. The average Bonchev–Trinajstić information content (AvgIpc) is 3.15. The molecule has 1 aliphatic carbocycles. The van der Waals surface area contributed by atoms with Gasteiger partial charge in [0.25, 0.3) is 0 Å². The first kappa shape index (κ1) is 13.3. The van der Waals surface area contributed by atoms with Crippen LogP contribution in [0.3, 0.4) is 0 Å². The molecule has 1 heterocycles. The Morgan fingerprint density at radius 3 is 3.05 bits per heavy atom. The second-order valence-electron chi connectivity index (χ2n) is 4.98. The topological polar surface area (TPSA) is 78.9 Å². The molecular weight excluding hydrogens is 278 g/mol. The summed E-state index contributed by atoms with van der Waals surface area (Å²) in [4.78, 5) is 0. The Bertz CT molecular complexity index is 596. The smallest absolute Gasteiger partial charge is 0.184 e. The van der Waals surface area contributed by atoms with Gasteiger partial charge in [-0.3, -0.25) is 0 Å². The van der Waals surface area contributed by atoms with Gasteiger partial charge in [0.15, 0.2) is 5.82 Å². The fourth-order valence-electron chi connectivity index (χ4n) is 1.96. The van der Waals surface area contributed by atoms with Gasteiger partial charge >= 0.3 is 0 Å². The van der Waals surface area contributed by atoms with Crippen molar-refractivity contribution in [1.82, 2.24) is 20.2 Å². The van der Waals surface area contributed by atoms with E-state index >= 15 is 0 Å². The zero-order chi connectivity index (χ0) is 13.9. The van der Waals surface area contributed by atoms with E-state index in [4.69, 9.17) is 22.1 Å². The van der Waals surface area contributed by atoms with Crippen molar-refractivity contribution >= 4 is 17.3 Å². The summed E-state index contributed by atoms with van der Waals surface area (Å²) in [6.45, 7) is 2.02. The van der Waals surface area contributed by atoms with E-state index in [9.17, 15) is 0 Å². The third-order valence-corrected chi connectivity index (χ3v) is 3.52. The molecule has 1 aromatic carbocycles. The van der Waals surface area contributed by atoms with E-state index in [2.05, 4.69) is 15.5 Å². The molecule has 2 aromatic rings. The fraction of sp³-hybridized carbons (Fsp3) is 0.462. The lowest BCUT2D eigenvalue weighted by Gasteiger charge is -2.08. The number of anilines is 1. The number of nitrogen functional groups attached to an aromatic ring is 1. The molecule has 0 atom stereocenters. The molecule has 0 radical (unpaired) electrons. The summed E-state index contributed by atoms with van der Waals surface area (Å²) >= 11 is 6.00. The lowest BCUT2D eigenvalue weighted by atomic mass is 10.1. The molecule has 1 fully saturated rings. The van der Waals surface area contributed by atoms with Gasteiger partial charge in [-0.05, 0) is 47.4 Å². The predicted octanol–water partition coefficient (Wildman–Crippen LogP) is 2.00. The Kier molecular flexibility index (Phi) is 3.84. The molecule has 0 bridgehead atoms. The van der Waals surface area contributed by atoms with Crippen LogP contribution in [0.4, 0.5) is 5.69 Å². The van der Waals surface area contributed by atoms with E-state index in [1.165, 1.54) is 12.8 Å². The Hall–Kier alpha value is -1.66. The van der Waals surface area contributed by atoms with E-state index in [0.29, 0.717) is 29.7 Å². The number of rotatable bonds is 6. The number of halogens is 1. The largest absolute Gasteiger partial charge is 0.398 e. The molecule has 3 rings (SSSR count). The number of nitrogens with two attached hydrogens (primary N) is 1. The molecule has 1 saturated carbocycles. The Morgan fingerprint density at radius 1 is 1.40 bits per heavy atom. The Balaban J connectivity index is 1.70. The van der Waals surface area contributed by atoms with Crippen LogP contribution in [-0.4, -0.2) is 33.4 Å². The highest BCUT2D eigenvalue weighted by atomic mass is 35.5. The van der Waals surface area contributed by atoms with Crippen LogP contribution in [0.25, 0.3) is 11.4 Å². The molecule has 0 saturated heterocycles. The maximum Gasteiger partial charge on any atom is 0.184 e. The van der Waals surface area contributed by atoms with Crippen LogP contribution >= 0.6 is 11.6 Å². The highest BCUT2D eigenvalue weighted by molar-refractivity contribution is 6.31. The first-order chi connectivity index (χ1) is 9.74. The van der Waals surface area contributed by atoms with Crippen LogP contribution in [0.15, 0.2) is 18.2 Å². The minimum Gasteiger partial charge on any atom is -0.398 e. The maximum atomic E-state index is 6.00. The molecule has 1 aromatic heterocycles. The molecule has 0 aliphatic heterocycles. The summed E-state index contributed by atoms with van der Waals surface area (Å²) in [5.74, 6) is 1.37. The van der Waals surface area contributed by atoms with Gasteiger partial charge in [-0.1, -0.05) is 11.6 Å². The van der Waals surface area contributed by atoms with Crippen molar-refractivity contribution in [2.75, 3.05) is 18.9 Å². The van der Waals surface area contributed by atoms with Gasteiger partial charge in [0.2, 0.25) is 0 Å². The quantitative estimate of drug-likeness (QED) is 0.651. The predicted molar refractivity (Wildman–Crippen MR) is 76.2 cm³/mol. The zero-order valence-corrected chi connectivity index (χ0v) is 11.8. The van der Waals surface area contributed by atoms with Crippen LogP contribution in [0, 0.1) is 5.92 Å². The number of aromatic nitrogens is 4. The van der Waals surface area contributed by atoms with Crippen molar-refractivity contribution in [2.24, 2.45) is 5.92 Å². The van der Waals surface area contributed by atoms with E-state index in [-0.39, 0.29) is 0 Å². The van der Waals surface area contributed by atoms with Gasteiger partial charge < -0.3 is 10.5 Å². The highest BCUT2D eigenvalue weighted by Gasteiger charge is 2.21. The monoisotopic (exact) mass is 293 g/mol. The normalized spacial score (nSPS) is 14.7. The second kappa shape index (κ2) is 5.76. The third kappa shape index (κ3) is 3.08. The van der Waals surface area contributed by atoms with E-state index in [0.717, 1.165) is 18.1 Å². The first-order valence-electron chi connectivity index (χ1n) is 6.63. The summed E-state index contributed by atoms with van der Waals surface area (Å²) < 4.78 is 7.29. The van der Waals surface area contributed by atoms with Crippen molar-refractivity contribution in [3.8, 4) is 11.4 Å². The van der Waals surface area contributed by atoms with Crippen molar-refractivity contribution in [3.63, 3.8) is 0 Å². The van der Waals surface area contributed by atoms with E-state index < -0.39 is 0 Å². The first-order valence-corrected chi connectivity index (χ1v) is 7.01. The standard InChI is InChI=1S/C13H16ClN5O/c14-10-3-4-12(15)11(7-10)13-16-17-18-19(13)5-6-20-8-9-1-2-9/h3-4,7,9H,1-2,5-6,8,15H2. The lowest BCUT2D eigenvalue weighted by molar-refractivity contribution is 0.114. The molecule has 0 unspecified atom stereocenters. The minimum absolute atomic E-state index is 0.592. The molecule has 1 aliphatic rings. The summed E-state index contributed by atoms with van der Waals surface area (Å²) in [5, 5.41) is 12.3. The van der Waals surface area contributed by atoms with Gasteiger partial charge in [0.05, 0.1) is 13.2 Å². The Morgan fingerprint density at radius 2 is 2.25 bits per heavy atom. The van der Waals surface area contributed by atoms with Gasteiger partial charge in [-0.15, -0.1) is 5.10 Å². The van der Waals surface area contributed by atoms with Crippen LogP contribution in [0.5, 0.6) is 0 Å². The van der Waals surface area contributed by atoms with Crippen LogP contribution in [0.1, 0.15) is 12.8 Å². The molecule has 20 heavy (non-hydrogen) atoms. The number of benzene rings is 1. The summed E-state index contributed by atoms with van der Waals surface area (Å²) in [6, 6.07) is 5.26. The van der Waals surface area contributed by atoms with Gasteiger partial charge in [0.1, 0.15) is 0 Å². The van der Waals surface area contributed by atoms with Crippen LogP contribution < -0.4 is 5.73 Å². The third-order valence-electron chi connectivity index (χ3n) is 3.29. The summed E-state index contributed by atoms with van der Waals surface area (Å²) in [5.41, 5.74) is 7.30. The fourth-order valence-corrected chi connectivity index (χ4v) is 2.13. The molecule has 2 N–H and O–H groups in total. The molecule has 0 amide bonds. The molecule has 7 heteroatoms. The van der Waals surface area contributed by atoms with E-state index in [1.807, 2.05) is 0 Å². The summed E-state index contributed by atoms with van der Waals surface area (Å²) in [7, 11) is 0. The van der Waals surface area contributed by atoms with Gasteiger partial charge in [-0.25, -0.2) is 4.68 Å². The molecule has 6 nitrogen and oxygen atoms in total. The van der Waals surface area contributed by atoms with Crippen LogP contribution in [0.2, 0.25) is 5.02 Å². The highest BCUT2D eigenvalue weighted by Crippen LogP contribution is 2.29. The second-order valence-corrected chi connectivity index (χ2v) is 5.41. The molecule has 0 spiro atoms. The van der Waals surface area contributed by atoms with Gasteiger partial charge in [-0.2, -0.15) is 0 Å².